The standard InChI is InChI=1S/C13H15N3O3/c1-8(2)11(13(18)19)15-12(17)9-7-14-16-6-4-3-5-10(9)16/h3-8,11H,1-2H3,(H,15,17)(H,18,19)/t11-/m1/s1. The molecule has 0 radical (unpaired) electrons. The number of aliphatic carboxylic acids is 1. The normalized spacial score (nSPS) is 12.6. The number of fused-ring (bicyclic) bond motifs is 1. The van der Waals surface area contributed by atoms with Crippen LogP contribution in [0, 0.1) is 5.92 Å². The van der Waals surface area contributed by atoms with Gasteiger partial charge < -0.3 is 10.4 Å². The molecule has 1 atom stereocenters. The molecule has 19 heavy (non-hydrogen) atoms. The summed E-state index contributed by atoms with van der Waals surface area (Å²) in [4.78, 5) is 23.2. The van der Waals surface area contributed by atoms with Gasteiger partial charge in [0.25, 0.3) is 5.91 Å². The molecular formula is C13H15N3O3. The minimum atomic E-state index is -1.04. The van der Waals surface area contributed by atoms with Crippen LogP contribution in [-0.2, 0) is 4.79 Å². The Balaban J connectivity index is 2.27. The number of aromatic nitrogens is 2. The number of carbonyl (C=O) groups is 2. The van der Waals surface area contributed by atoms with E-state index in [4.69, 9.17) is 5.11 Å². The van der Waals surface area contributed by atoms with E-state index in [1.807, 2.05) is 0 Å². The molecular weight excluding hydrogens is 246 g/mol. The fraction of sp³-hybridized carbons (Fsp3) is 0.308. The lowest BCUT2D eigenvalue weighted by molar-refractivity contribution is -0.140. The first-order chi connectivity index (χ1) is 9.00. The lowest BCUT2D eigenvalue weighted by Gasteiger charge is -2.17. The van der Waals surface area contributed by atoms with Crippen molar-refractivity contribution in [3.05, 3.63) is 36.2 Å². The number of amides is 1. The molecule has 0 aliphatic rings. The molecule has 0 saturated heterocycles. The highest BCUT2D eigenvalue weighted by Gasteiger charge is 2.25. The molecule has 0 aromatic carbocycles. The Morgan fingerprint density at radius 1 is 1.37 bits per heavy atom. The highest BCUT2D eigenvalue weighted by molar-refractivity contribution is 6.02. The number of carboxylic acid groups (broad SMARTS) is 1. The quantitative estimate of drug-likeness (QED) is 0.865. The zero-order chi connectivity index (χ0) is 14.0. The molecule has 2 N–H and O–H groups in total. The van der Waals surface area contributed by atoms with Gasteiger partial charge in [-0.3, -0.25) is 4.79 Å². The number of hydrogen-bond donors (Lipinski definition) is 2. The molecule has 0 aliphatic heterocycles. The summed E-state index contributed by atoms with van der Waals surface area (Å²) in [6.45, 7) is 3.49. The van der Waals surface area contributed by atoms with Gasteiger partial charge in [-0.05, 0) is 18.1 Å². The second kappa shape index (κ2) is 5.09. The van der Waals surface area contributed by atoms with Crippen molar-refractivity contribution in [2.75, 3.05) is 0 Å². The first-order valence-electron chi connectivity index (χ1n) is 5.96. The predicted octanol–water partition coefficient (Wildman–Crippen LogP) is 1.17. The Morgan fingerprint density at radius 2 is 2.11 bits per heavy atom. The van der Waals surface area contributed by atoms with Crippen LogP contribution in [-0.4, -0.2) is 32.6 Å². The van der Waals surface area contributed by atoms with E-state index in [0.717, 1.165) is 0 Å². The molecule has 2 heterocycles. The van der Waals surface area contributed by atoms with Crippen LogP contribution in [0.1, 0.15) is 24.2 Å². The molecule has 2 aromatic rings. The molecule has 1 amide bonds. The first kappa shape index (κ1) is 13.1. The summed E-state index contributed by atoms with van der Waals surface area (Å²) in [7, 11) is 0. The lowest BCUT2D eigenvalue weighted by Crippen LogP contribution is -2.44. The average Bonchev–Trinajstić information content (AvgIpc) is 2.78. The summed E-state index contributed by atoms with van der Waals surface area (Å²) in [5, 5.41) is 15.6. The van der Waals surface area contributed by atoms with E-state index >= 15 is 0 Å². The fourth-order valence-electron chi connectivity index (χ4n) is 1.84. The highest BCUT2D eigenvalue weighted by Crippen LogP contribution is 2.11. The van der Waals surface area contributed by atoms with Gasteiger partial charge in [0.1, 0.15) is 6.04 Å². The summed E-state index contributed by atoms with van der Waals surface area (Å²) in [6, 6.07) is 4.44. The van der Waals surface area contributed by atoms with Gasteiger partial charge in [0.2, 0.25) is 0 Å². The van der Waals surface area contributed by atoms with Crippen LogP contribution in [0.5, 0.6) is 0 Å². The predicted molar refractivity (Wildman–Crippen MR) is 68.9 cm³/mol. The number of rotatable bonds is 4. The molecule has 2 rings (SSSR count). The first-order valence-corrected chi connectivity index (χ1v) is 5.96. The van der Waals surface area contributed by atoms with Crippen LogP contribution in [0.4, 0.5) is 0 Å². The maximum Gasteiger partial charge on any atom is 0.326 e. The number of carboxylic acids is 1. The molecule has 0 bridgehead atoms. The van der Waals surface area contributed by atoms with Crippen LogP contribution in [0.25, 0.3) is 5.52 Å². The van der Waals surface area contributed by atoms with Crippen molar-refractivity contribution in [3.8, 4) is 0 Å². The fourth-order valence-corrected chi connectivity index (χ4v) is 1.84. The summed E-state index contributed by atoms with van der Waals surface area (Å²) < 4.78 is 1.57. The molecule has 0 spiro atoms. The third-order valence-corrected chi connectivity index (χ3v) is 2.89. The van der Waals surface area contributed by atoms with Crippen molar-refractivity contribution < 1.29 is 14.7 Å². The molecule has 0 fully saturated rings. The summed E-state index contributed by atoms with van der Waals surface area (Å²) >= 11 is 0. The van der Waals surface area contributed by atoms with Gasteiger partial charge in [0, 0.05) is 6.20 Å². The third-order valence-electron chi connectivity index (χ3n) is 2.89. The SMILES string of the molecule is CC(C)[C@@H](NC(=O)c1cnn2ccccc12)C(=O)O. The van der Waals surface area contributed by atoms with Crippen LogP contribution >= 0.6 is 0 Å². The van der Waals surface area contributed by atoms with Crippen molar-refractivity contribution in [1.82, 2.24) is 14.9 Å². The van der Waals surface area contributed by atoms with Crippen molar-refractivity contribution in [2.45, 2.75) is 19.9 Å². The Hall–Kier alpha value is -2.37. The molecule has 2 aromatic heterocycles. The van der Waals surface area contributed by atoms with Crippen molar-refractivity contribution in [3.63, 3.8) is 0 Å². The number of hydrogen-bond acceptors (Lipinski definition) is 3. The van der Waals surface area contributed by atoms with E-state index in [1.165, 1.54) is 6.20 Å². The highest BCUT2D eigenvalue weighted by atomic mass is 16.4. The molecule has 0 saturated carbocycles. The largest absolute Gasteiger partial charge is 0.480 e. The Labute approximate surface area is 110 Å². The second-order valence-electron chi connectivity index (χ2n) is 4.62. The summed E-state index contributed by atoms with van der Waals surface area (Å²) in [6.07, 6.45) is 3.16. The Kier molecular flexibility index (Phi) is 3.50. The van der Waals surface area contributed by atoms with Crippen LogP contribution in [0.15, 0.2) is 30.6 Å². The number of carbonyl (C=O) groups excluding carboxylic acids is 1. The Morgan fingerprint density at radius 3 is 2.74 bits per heavy atom. The van der Waals surface area contributed by atoms with E-state index < -0.39 is 17.9 Å². The van der Waals surface area contributed by atoms with E-state index in [-0.39, 0.29) is 5.92 Å². The second-order valence-corrected chi connectivity index (χ2v) is 4.62. The minimum Gasteiger partial charge on any atom is -0.480 e. The molecule has 6 nitrogen and oxygen atoms in total. The van der Waals surface area contributed by atoms with Crippen molar-refractivity contribution in [2.24, 2.45) is 5.92 Å². The minimum absolute atomic E-state index is 0.191. The smallest absolute Gasteiger partial charge is 0.326 e. The molecule has 100 valence electrons. The molecule has 6 heteroatoms. The van der Waals surface area contributed by atoms with Crippen LogP contribution < -0.4 is 5.32 Å². The van der Waals surface area contributed by atoms with E-state index in [1.54, 1.807) is 42.8 Å². The van der Waals surface area contributed by atoms with Gasteiger partial charge in [-0.15, -0.1) is 0 Å². The van der Waals surface area contributed by atoms with Crippen LogP contribution in [0.3, 0.4) is 0 Å². The average molecular weight is 261 g/mol. The van der Waals surface area contributed by atoms with Gasteiger partial charge in [0.05, 0.1) is 17.3 Å². The monoisotopic (exact) mass is 261 g/mol. The zero-order valence-corrected chi connectivity index (χ0v) is 10.7. The maximum absolute atomic E-state index is 12.1. The number of nitrogens with one attached hydrogen (secondary N) is 1. The number of nitrogens with zero attached hydrogens (tertiary/aromatic N) is 2. The van der Waals surface area contributed by atoms with Gasteiger partial charge in [0.15, 0.2) is 0 Å². The Bertz CT molecular complexity index is 618. The van der Waals surface area contributed by atoms with E-state index in [0.29, 0.717) is 11.1 Å². The van der Waals surface area contributed by atoms with Gasteiger partial charge in [-0.2, -0.15) is 5.10 Å². The van der Waals surface area contributed by atoms with E-state index in [9.17, 15) is 9.59 Å². The van der Waals surface area contributed by atoms with Crippen molar-refractivity contribution >= 4 is 17.4 Å². The van der Waals surface area contributed by atoms with Gasteiger partial charge in [-0.1, -0.05) is 19.9 Å². The zero-order valence-electron chi connectivity index (χ0n) is 10.7. The molecule has 0 unspecified atom stereocenters. The van der Waals surface area contributed by atoms with Gasteiger partial charge in [-0.25, -0.2) is 9.31 Å². The summed E-state index contributed by atoms with van der Waals surface area (Å²) in [5.74, 6) is -1.66. The van der Waals surface area contributed by atoms with Crippen molar-refractivity contribution in [1.29, 1.82) is 0 Å². The number of pyridine rings is 1. The van der Waals surface area contributed by atoms with E-state index in [2.05, 4.69) is 10.4 Å². The summed E-state index contributed by atoms with van der Waals surface area (Å²) in [5.41, 5.74) is 1.01. The topological polar surface area (TPSA) is 83.7 Å². The molecule has 0 aliphatic carbocycles. The lowest BCUT2D eigenvalue weighted by atomic mass is 10.0. The van der Waals surface area contributed by atoms with Gasteiger partial charge >= 0.3 is 5.97 Å². The third kappa shape index (κ3) is 2.57. The maximum atomic E-state index is 12.1. The van der Waals surface area contributed by atoms with Crippen LogP contribution in [0.2, 0.25) is 0 Å².